The lowest BCUT2D eigenvalue weighted by atomic mass is 9.72. The summed E-state index contributed by atoms with van der Waals surface area (Å²) in [5.74, 6) is 0. The molecular weight excluding hydrogens is 404 g/mol. The SMILES string of the molecule is CC(N)C(C)(C)CCCC(C)(C)N(C1CC(C)(C)NC(C)(C)C1)C1CC(C)(C)NC(C)(C)C1. The minimum atomic E-state index is 0.148. The van der Waals surface area contributed by atoms with Crippen LogP contribution < -0.4 is 16.4 Å². The zero-order valence-corrected chi connectivity index (χ0v) is 24.7. The Morgan fingerprint density at radius 1 is 0.727 bits per heavy atom. The summed E-state index contributed by atoms with van der Waals surface area (Å²) in [6.45, 7) is 31.0. The summed E-state index contributed by atoms with van der Waals surface area (Å²) in [6, 6.07) is 1.40. The van der Waals surface area contributed by atoms with Gasteiger partial charge in [0.05, 0.1) is 0 Å². The van der Waals surface area contributed by atoms with Crippen LogP contribution in [-0.4, -0.2) is 50.7 Å². The van der Waals surface area contributed by atoms with Crippen molar-refractivity contribution in [3.63, 3.8) is 0 Å². The van der Waals surface area contributed by atoms with Crippen molar-refractivity contribution >= 4 is 0 Å². The van der Waals surface area contributed by atoms with Gasteiger partial charge >= 0.3 is 0 Å². The fraction of sp³-hybridized carbons (Fsp3) is 1.00. The van der Waals surface area contributed by atoms with Crippen LogP contribution in [0.2, 0.25) is 0 Å². The van der Waals surface area contributed by atoms with Gasteiger partial charge in [0, 0.05) is 45.8 Å². The molecule has 0 aromatic rings. The number of rotatable bonds is 8. The standard InChI is InChI=1S/C29H60N4/c1-21(30)24(2,3)15-14-16-29(12,13)33(22-17-25(4,5)31-26(6,7)18-22)23-19-27(8,9)32-28(10,11)20-23/h21-23,31-32H,14-20,30H2,1-13H3. The normalized spacial score (nSPS) is 27.0. The molecule has 2 fully saturated rings. The van der Waals surface area contributed by atoms with Crippen molar-refractivity contribution in [1.29, 1.82) is 0 Å². The Balaban J connectivity index is 2.37. The van der Waals surface area contributed by atoms with Crippen LogP contribution in [-0.2, 0) is 0 Å². The summed E-state index contributed by atoms with van der Waals surface area (Å²) >= 11 is 0. The van der Waals surface area contributed by atoms with Gasteiger partial charge in [-0.2, -0.15) is 0 Å². The molecule has 0 aliphatic carbocycles. The average molecular weight is 465 g/mol. The Kier molecular flexibility index (Phi) is 8.26. The molecule has 0 saturated carbocycles. The smallest absolute Gasteiger partial charge is 0.0159 e. The Hall–Kier alpha value is -0.160. The van der Waals surface area contributed by atoms with Crippen LogP contribution in [0, 0.1) is 5.41 Å². The minimum Gasteiger partial charge on any atom is -0.327 e. The number of nitrogens with one attached hydrogen (secondary N) is 2. The van der Waals surface area contributed by atoms with Gasteiger partial charge in [-0.1, -0.05) is 20.3 Å². The van der Waals surface area contributed by atoms with Crippen LogP contribution in [0.3, 0.4) is 0 Å². The lowest BCUT2D eigenvalue weighted by Gasteiger charge is -2.59. The molecule has 196 valence electrons. The highest BCUT2D eigenvalue weighted by atomic mass is 15.3. The maximum absolute atomic E-state index is 6.31. The minimum absolute atomic E-state index is 0.148. The first-order valence-electron chi connectivity index (χ1n) is 13.7. The first kappa shape index (κ1) is 29.1. The molecule has 0 radical (unpaired) electrons. The van der Waals surface area contributed by atoms with Gasteiger partial charge in [-0.15, -0.1) is 0 Å². The molecule has 0 amide bonds. The first-order chi connectivity index (χ1) is 14.6. The molecule has 2 aliphatic rings. The fourth-order valence-corrected chi connectivity index (χ4v) is 7.55. The number of piperidine rings is 2. The van der Waals surface area contributed by atoms with Gasteiger partial charge < -0.3 is 16.4 Å². The second-order valence-corrected chi connectivity index (χ2v) is 15.8. The first-order valence-corrected chi connectivity index (χ1v) is 13.7. The Morgan fingerprint density at radius 2 is 1.06 bits per heavy atom. The summed E-state index contributed by atoms with van der Waals surface area (Å²) < 4.78 is 0. The Labute approximate surface area is 207 Å². The van der Waals surface area contributed by atoms with E-state index in [2.05, 4.69) is 106 Å². The van der Waals surface area contributed by atoms with Crippen LogP contribution in [0.15, 0.2) is 0 Å². The number of hydrogen-bond acceptors (Lipinski definition) is 4. The van der Waals surface area contributed by atoms with Crippen LogP contribution in [0.25, 0.3) is 0 Å². The van der Waals surface area contributed by atoms with E-state index in [-0.39, 0.29) is 39.2 Å². The molecule has 2 saturated heterocycles. The zero-order valence-electron chi connectivity index (χ0n) is 24.7. The summed E-state index contributed by atoms with van der Waals surface area (Å²) in [6.07, 6.45) is 8.46. The van der Waals surface area contributed by atoms with Crippen LogP contribution in [0.5, 0.6) is 0 Å². The lowest BCUT2D eigenvalue weighted by molar-refractivity contribution is -0.0615. The molecule has 0 aromatic heterocycles. The van der Waals surface area contributed by atoms with Gasteiger partial charge in [-0.3, -0.25) is 4.90 Å². The monoisotopic (exact) mass is 464 g/mol. The molecule has 2 aliphatic heterocycles. The molecule has 0 spiro atoms. The molecule has 1 atom stereocenters. The zero-order chi connectivity index (χ0) is 25.7. The van der Waals surface area contributed by atoms with Crippen molar-refractivity contribution in [2.45, 2.75) is 181 Å². The maximum Gasteiger partial charge on any atom is 0.0159 e. The van der Waals surface area contributed by atoms with Gasteiger partial charge in [0.2, 0.25) is 0 Å². The highest BCUT2D eigenvalue weighted by molar-refractivity contribution is 5.08. The van der Waals surface area contributed by atoms with Gasteiger partial charge in [0.15, 0.2) is 0 Å². The quantitative estimate of drug-likeness (QED) is 0.398. The van der Waals surface area contributed by atoms with Crippen molar-refractivity contribution in [3.8, 4) is 0 Å². The van der Waals surface area contributed by atoms with E-state index in [0.29, 0.717) is 12.1 Å². The topological polar surface area (TPSA) is 53.3 Å². The molecule has 33 heavy (non-hydrogen) atoms. The van der Waals surface area contributed by atoms with Gasteiger partial charge in [-0.05, 0) is 120 Å². The summed E-state index contributed by atoms with van der Waals surface area (Å²) in [7, 11) is 0. The maximum atomic E-state index is 6.31. The van der Waals surface area contributed by atoms with Crippen molar-refractivity contribution in [3.05, 3.63) is 0 Å². The van der Waals surface area contributed by atoms with E-state index in [0.717, 1.165) is 0 Å². The summed E-state index contributed by atoms with van der Waals surface area (Å²) in [5.41, 5.74) is 7.24. The van der Waals surface area contributed by atoms with E-state index in [4.69, 9.17) is 5.73 Å². The van der Waals surface area contributed by atoms with Crippen molar-refractivity contribution < 1.29 is 0 Å². The van der Waals surface area contributed by atoms with Crippen molar-refractivity contribution in [1.82, 2.24) is 15.5 Å². The Morgan fingerprint density at radius 3 is 1.36 bits per heavy atom. The molecule has 2 rings (SSSR count). The molecule has 4 N–H and O–H groups in total. The predicted octanol–water partition coefficient (Wildman–Crippen LogP) is 6.23. The van der Waals surface area contributed by atoms with E-state index in [1.54, 1.807) is 0 Å². The average Bonchev–Trinajstić information content (AvgIpc) is 2.47. The van der Waals surface area contributed by atoms with E-state index < -0.39 is 0 Å². The van der Waals surface area contributed by atoms with Gasteiger partial charge in [-0.25, -0.2) is 0 Å². The number of hydrogen-bond donors (Lipinski definition) is 3. The molecular formula is C29H60N4. The molecule has 0 aromatic carbocycles. The fourth-order valence-electron chi connectivity index (χ4n) is 7.55. The van der Waals surface area contributed by atoms with Crippen LogP contribution >= 0.6 is 0 Å². The van der Waals surface area contributed by atoms with Crippen LogP contribution in [0.1, 0.15) is 135 Å². The second-order valence-electron chi connectivity index (χ2n) is 15.8. The molecule has 0 bridgehead atoms. The third-order valence-corrected chi connectivity index (χ3v) is 8.67. The third-order valence-electron chi connectivity index (χ3n) is 8.67. The van der Waals surface area contributed by atoms with E-state index in [9.17, 15) is 0 Å². The lowest BCUT2D eigenvalue weighted by Crippen LogP contribution is -2.70. The third kappa shape index (κ3) is 7.92. The predicted molar refractivity (Wildman–Crippen MR) is 146 cm³/mol. The number of nitrogens with two attached hydrogens (primary N) is 1. The highest BCUT2D eigenvalue weighted by Crippen LogP contribution is 2.43. The molecule has 2 heterocycles. The van der Waals surface area contributed by atoms with E-state index >= 15 is 0 Å². The largest absolute Gasteiger partial charge is 0.327 e. The number of nitrogens with zero attached hydrogens (tertiary/aromatic N) is 1. The molecule has 4 nitrogen and oxygen atoms in total. The van der Waals surface area contributed by atoms with Gasteiger partial charge in [0.25, 0.3) is 0 Å². The Bertz CT molecular complexity index is 587. The summed E-state index contributed by atoms with van der Waals surface area (Å²) in [4.78, 5) is 3.00. The van der Waals surface area contributed by atoms with Crippen LogP contribution in [0.4, 0.5) is 0 Å². The van der Waals surface area contributed by atoms with Gasteiger partial charge in [0.1, 0.15) is 0 Å². The van der Waals surface area contributed by atoms with E-state index in [1.807, 2.05) is 0 Å². The highest BCUT2D eigenvalue weighted by Gasteiger charge is 2.49. The second kappa shape index (κ2) is 9.37. The van der Waals surface area contributed by atoms with E-state index in [1.165, 1.54) is 44.9 Å². The summed E-state index contributed by atoms with van der Waals surface area (Å²) in [5, 5.41) is 7.85. The van der Waals surface area contributed by atoms with Crippen molar-refractivity contribution in [2.75, 3.05) is 0 Å². The molecule has 4 heteroatoms. The molecule has 1 unspecified atom stereocenters. The van der Waals surface area contributed by atoms with Crippen molar-refractivity contribution in [2.24, 2.45) is 11.1 Å².